The number of ether oxygens (including phenoxy) is 1. The SMILES string of the molecule is C=C[C@]1(C)CC[C@@H]([C@@H](C)C=O)O1. The van der Waals surface area contributed by atoms with Crippen molar-refractivity contribution < 1.29 is 9.53 Å². The monoisotopic (exact) mass is 168 g/mol. The maximum atomic E-state index is 10.5. The highest BCUT2D eigenvalue weighted by atomic mass is 16.5. The second kappa shape index (κ2) is 3.40. The largest absolute Gasteiger partial charge is 0.367 e. The fraction of sp³-hybridized carbons (Fsp3) is 0.700. The van der Waals surface area contributed by atoms with Crippen molar-refractivity contribution in [3.8, 4) is 0 Å². The average molecular weight is 168 g/mol. The molecule has 1 fully saturated rings. The van der Waals surface area contributed by atoms with Gasteiger partial charge in [0.05, 0.1) is 11.7 Å². The van der Waals surface area contributed by atoms with Crippen LogP contribution in [0.3, 0.4) is 0 Å². The molecule has 0 saturated carbocycles. The number of aldehydes is 1. The van der Waals surface area contributed by atoms with Crippen LogP contribution in [0.1, 0.15) is 26.7 Å². The first-order valence-corrected chi connectivity index (χ1v) is 4.38. The van der Waals surface area contributed by atoms with Gasteiger partial charge < -0.3 is 9.53 Å². The van der Waals surface area contributed by atoms with E-state index >= 15 is 0 Å². The molecule has 2 nitrogen and oxygen atoms in total. The molecule has 1 aliphatic heterocycles. The standard InChI is InChI=1S/C10H16O2/c1-4-10(3)6-5-9(12-10)8(2)7-11/h4,7-9H,1,5-6H2,2-3H3/t8-,9-,10+/m0/s1. The van der Waals surface area contributed by atoms with Crippen LogP contribution in [0.25, 0.3) is 0 Å². The Morgan fingerprint density at radius 3 is 2.83 bits per heavy atom. The van der Waals surface area contributed by atoms with E-state index in [1.54, 1.807) is 0 Å². The molecule has 0 aromatic heterocycles. The predicted molar refractivity (Wildman–Crippen MR) is 47.9 cm³/mol. The molecule has 1 rings (SSSR count). The highest BCUT2D eigenvalue weighted by molar-refractivity contribution is 5.53. The predicted octanol–water partition coefficient (Wildman–Crippen LogP) is 1.95. The summed E-state index contributed by atoms with van der Waals surface area (Å²) in [5.74, 6) is 0.00627. The minimum Gasteiger partial charge on any atom is -0.367 e. The lowest BCUT2D eigenvalue weighted by atomic mass is 10.00. The van der Waals surface area contributed by atoms with E-state index in [-0.39, 0.29) is 17.6 Å². The van der Waals surface area contributed by atoms with Crippen LogP contribution in [0.5, 0.6) is 0 Å². The summed E-state index contributed by atoms with van der Waals surface area (Å²) in [5, 5.41) is 0. The summed E-state index contributed by atoms with van der Waals surface area (Å²) in [5.41, 5.74) is -0.206. The molecular weight excluding hydrogens is 152 g/mol. The summed E-state index contributed by atoms with van der Waals surface area (Å²) in [4.78, 5) is 10.5. The van der Waals surface area contributed by atoms with Gasteiger partial charge in [-0.15, -0.1) is 6.58 Å². The van der Waals surface area contributed by atoms with Gasteiger partial charge in [-0.1, -0.05) is 13.0 Å². The van der Waals surface area contributed by atoms with Crippen molar-refractivity contribution in [3.05, 3.63) is 12.7 Å². The Kier molecular flexibility index (Phi) is 2.68. The summed E-state index contributed by atoms with van der Waals surface area (Å²) < 4.78 is 5.70. The van der Waals surface area contributed by atoms with E-state index in [4.69, 9.17) is 4.74 Å². The van der Waals surface area contributed by atoms with Gasteiger partial charge in [0.15, 0.2) is 0 Å². The van der Waals surface area contributed by atoms with Crippen molar-refractivity contribution in [3.63, 3.8) is 0 Å². The van der Waals surface area contributed by atoms with Crippen molar-refractivity contribution >= 4 is 6.29 Å². The van der Waals surface area contributed by atoms with Crippen LogP contribution in [0.4, 0.5) is 0 Å². The molecule has 0 spiro atoms. The van der Waals surface area contributed by atoms with Gasteiger partial charge in [0.25, 0.3) is 0 Å². The van der Waals surface area contributed by atoms with E-state index in [0.29, 0.717) is 0 Å². The summed E-state index contributed by atoms with van der Waals surface area (Å²) in [6, 6.07) is 0. The van der Waals surface area contributed by atoms with Crippen LogP contribution >= 0.6 is 0 Å². The molecule has 0 aliphatic carbocycles. The Labute approximate surface area is 73.6 Å². The van der Waals surface area contributed by atoms with E-state index in [2.05, 4.69) is 6.58 Å². The van der Waals surface area contributed by atoms with E-state index in [1.807, 2.05) is 19.9 Å². The fourth-order valence-electron chi connectivity index (χ4n) is 1.50. The van der Waals surface area contributed by atoms with Crippen molar-refractivity contribution in [2.75, 3.05) is 0 Å². The van der Waals surface area contributed by atoms with E-state index in [0.717, 1.165) is 19.1 Å². The molecule has 0 unspecified atom stereocenters. The zero-order valence-electron chi connectivity index (χ0n) is 7.75. The Hall–Kier alpha value is -0.630. The molecule has 0 aromatic carbocycles. The lowest BCUT2D eigenvalue weighted by Crippen LogP contribution is -2.25. The highest BCUT2D eigenvalue weighted by Gasteiger charge is 2.35. The molecule has 0 amide bonds. The van der Waals surface area contributed by atoms with Gasteiger partial charge in [-0.25, -0.2) is 0 Å². The first-order valence-electron chi connectivity index (χ1n) is 4.38. The lowest BCUT2D eigenvalue weighted by molar-refractivity contribution is -0.115. The summed E-state index contributed by atoms with van der Waals surface area (Å²) >= 11 is 0. The molecule has 0 aromatic rings. The Morgan fingerprint density at radius 2 is 2.42 bits per heavy atom. The maximum absolute atomic E-state index is 10.5. The third-order valence-corrected chi connectivity index (χ3v) is 2.58. The van der Waals surface area contributed by atoms with Gasteiger partial charge in [0, 0.05) is 5.92 Å². The quantitative estimate of drug-likeness (QED) is 0.475. The molecule has 3 atom stereocenters. The molecule has 1 aliphatic rings. The van der Waals surface area contributed by atoms with E-state index in [9.17, 15) is 4.79 Å². The Morgan fingerprint density at radius 1 is 1.75 bits per heavy atom. The van der Waals surface area contributed by atoms with Crippen molar-refractivity contribution in [2.24, 2.45) is 5.92 Å². The number of hydrogen-bond donors (Lipinski definition) is 0. The normalized spacial score (nSPS) is 37.7. The molecule has 12 heavy (non-hydrogen) atoms. The van der Waals surface area contributed by atoms with Crippen LogP contribution in [-0.2, 0) is 9.53 Å². The molecule has 2 heteroatoms. The fourth-order valence-corrected chi connectivity index (χ4v) is 1.50. The smallest absolute Gasteiger partial charge is 0.125 e. The molecule has 1 heterocycles. The highest BCUT2D eigenvalue weighted by Crippen LogP contribution is 2.33. The number of carbonyl (C=O) groups is 1. The van der Waals surface area contributed by atoms with Gasteiger partial charge in [-0.3, -0.25) is 0 Å². The maximum Gasteiger partial charge on any atom is 0.125 e. The number of rotatable bonds is 3. The minimum atomic E-state index is -0.206. The van der Waals surface area contributed by atoms with Crippen LogP contribution in [0, 0.1) is 5.92 Å². The van der Waals surface area contributed by atoms with Crippen LogP contribution in [0.15, 0.2) is 12.7 Å². The molecule has 0 radical (unpaired) electrons. The number of hydrogen-bond acceptors (Lipinski definition) is 2. The molecule has 1 saturated heterocycles. The summed E-state index contributed by atoms with van der Waals surface area (Å²) in [6.45, 7) is 7.63. The van der Waals surface area contributed by atoms with Crippen molar-refractivity contribution in [1.29, 1.82) is 0 Å². The number of carbonyl (C=O) groups excluding carboxylic acids is 1. The van der Waals surface area contributed by atoms with E-state index < -0.39 is 0 Å². The summed E-state index contributed by atoms with van der Waals surface area (Å²) in [6.07, 6.45) is 4.80. The topological polar surface area (TPSA) is 26.3 Å². The summed E-state index contributed by atoms with van der Waals surface area (Å²) in [7, 11) is 0. The lowest BCUT2D eigenvalue weighted by Gasteiger charge is -2.21. The zero-order valence-corrected chi connectivity index (χ0v) is 7.75. The third kappa shape index (κ3) is 1.75. The second-order valence-electron chi connectivity index (χ2n) is 3.71. The third-order valence-electron chi connectivity index (χ3n) is 2.58. The average Bonchev–Trinajstić information content (AvgIpc) is 2.48. The molecular formula is C10H16O2. The van der Waals surface area contributed by atoms with Crippen LogP contribution < -0.4 is 0 Å². The Balaban J connectivity index is 2.55. The molecule has 68 valence electrons. The van der Waals surface area contributed by atoms with Crippen molar-refractivity contribution in [1.82, 2.24) is 0 Å². The minimum absolute atomic E-state index is 0.00627. The molecule has 0 N–H and O–H groups in total. The van der Waals surface area contributed by atoms with Crippen LogP contribution in [-0.4, -0.2) is 18.0 Å². The van der Waals surface area contributed by atoms with Gasteiger partial charge in [0.1, 0.15) is 6.29 Å². The first kappa shape index (κ1) is 9.46. The van der Waals surface area contributed by atoms with Gasteiger partial charge in [-0.05, 0) is 19.8 Å². The van der Waals surface area contributed by atoms with Gasteiger partial charge in [0.2, 0.25) is 0 Å². The second-order valence-corrected chi connectivity index (χ2v) is 3.71. The first-order chi connectivity index (χ1) is 5.61. The van der Waals surface area contributed by atoms with Gasteiger partial charge >= 0.3 is 0 Å². The molecule has 0 bridgehead atoms. The van der Waals surface area contributed by atoms with Crippen LogP contribution in [0.2, 0.25) is 0 Å². The van der Waals surface area contributed by atoms with E-state index in [1.165, 1.54) is 0 Å². The van der Waals surface area contributed by atoms with Crippen molar-refractivity contribution in [2.45, 2.75) is 38.4 Å². The van der Waals surface area contributed by atoms with Gasteiger partial charge in [-0.2, -0.15) is 0 Å². The zero-order chi connectivity index (χ0) is 9.19. The Bertz CT molecular complexity index is 188.